The van der Waals surface area contributed by atoms with Gasteiger partial charge in [0, 0.05) is 6.04 Å². The molecule has 0 bridgehead atoms. The molecule has 0 aromatic rings. The minimum Gasteiger partial charge on any atom is -0.481 e. The summed E-state index contributed by atoms with van der Waals surface area (Å²) in [6.07, 6.45) is 5.01. The first-order chi connectivity index (χ1) is 7.08. The molecule has 4 nitrogen and oxygen atoms in total. The van der Waals surface area contributed by atoms with E-state index in [-0.39, 0.29) is 11.9 Å². The molecule has 86 valence electrons. The molecular formula is C11H19NO3. The van der Waals surface area contributed by atoms with Gasteiger partial charge in [-0.2, -0.15) is 0 Å². The maximum atomic E-state index is 11.2. The van der Waals surface area contributed by atoms with Crippen LogP contribution >= 0.6 is 0 Å². The lowest BCUT2D eigenvalue weighted by molar-refractivity contribution is -0.140. The van der Waals surface area contributed by atoms with E-state index < -0.39 is 12.4 Å². The molecular weight excluding hydrogens is 194 g/mol. The molecule has 0 heterocycles. The van der Waals surface area contributed by atoms with Crippen LogP contribution in [0.25, 0.3) is 0 Å². The largest absolute Gasteiger partial charge is 0.481 e. The van der Waals surface area contributed by atoms with E-state index in [0.29, 0.717) is 0 Å². The summed E-state index contributed by atoms with van der Waals surface area (Å²) in [5.41, 5.74) is 0. The maximum absolute atomic E-state index is 11.2. The van der Waals surface area contributed by atoms with Gasteiger partial charge in [-0.15, -0.1) is 0 Å². The molecule has 0 saturated heterocycles. The van der Waals surface area contributed by atoms with Crippen LogP contribution in [0.5, 0.6) is 0 Å². The molecule has 0 aromatic carbocycles. The SMILES string of the molecule is CC1CCCC(NC(=O)CC(=O)O)CC1. The number of aliphatic carboxylic acids is 1. The van der Waals surface area contributed by atoms with Gasteiger partial charge in [-0.25, -0.2) is 0 Å². The maximum Gasteiger partial charge on any atom is 0.312 e. The predicted octanol–water partition coefficient (Wildman–Crippen LogP) is 1.55. The minimum absolute atomic E-state index is 0.182. The van der Waals surface area contributed by atoms with Crippen molar-refractivity contribution in [2.75, 3.05) is 0 Å². The Hall–Kier alpha value is -1.06. The fraction of sp³-hybridized carbons (Fsp3) is 0.818. The zero-order chi connectivity index (χ0) is 11.3. The van der Waals surface area contributed by atoms with E-state index in [1.807, 2.05) is 0 Å². The summed E-state index contributed by atoms with van der Waals surface area (Å²) in [5, 5.41) is 11.2. The molecule has 4 heteroatoms. The van der Waals surface area contributed by atoms with Gasteiger partial charge in [0.25, 0.3) is 0 Å². The molecule has 0 radical (unpaired) electrons. The van der Waals surface area contributed by atoms with Gasteiger partial charge in [0.1, 0.15) is 6.42 Å². The van der Waals surface area contributed by atoms with Crippen molar-refractivity contribution in [3.05, 3.63) is 0 Å². The van der Waals surface area contributed by atoms with Crippen molar-refractivity contribution in [2.24, 2.45) is 5.92 Å². The first kappa shape index (κ1) is 12.0. The van der Waals surface area contributed by atoms with Gasteiger partial charge >= 0.3 is 5.97 Å². The van der Waals surface area contributed by atoms with Crippen molar-refractivity contribution in [2.45, 2.75) is 51.5 Å². The number of carbonyl (C=O) groups is 2. The fourth-order valence-corrected chi connectivity index (χ4v) is 2.05. The number of amides is 1. The molecule has 0 aliphatic heterocycles. The highest BCUT2D eigenvalue weighted by molar-refractivity contribution is 5.93. The number of hydrogen-bond acceptors (Lipinski definition) is 2. The number of carboxylic acids is 1. The van der Waals surface area contributed by atoms with Gasteiger partial charge in [-0.3, -0.25) is 9.59 Å². The van der Waals surface area contributed by atoms with Crippen LogP contribution in [0, 0.1) is 5.92 Å². The lowest BCUT2D eigenvalue weighted by Crippen LogP contribution is -2.35. The van der Waals surface area contributed by atoms with Crippen LogP contribution in [0.4, 0.5) is 0 Å². The standard InChI is InChI=1S/C11H19NO3/c1-8-3-2-4-9(6-5-8)12-10(13)7-11(14)15/h8-9H,2-7H2,1H3,(H,12,13)(H,14,15). The second kappa shape index (κ2) is 5.73. The highest BCUT2D eigenvalue weighted by Crippen LogP contribution is 2.22. The van der Waals surface area contributed by atoms with E-state index in [2.05, 4.69) is 12.2 Å². The Bertz CT molecular complexity index is 240. The van der Waals surface area contributed by atoms with Gasteiger partial charge in [-0.05, 0) is 25.2 Å². The topological polar surface area (TPSA) is 66.4 Å². The van der Waals surface area contributed by atoms with Gasteiger partial charge < -0.3 is 10.4 Å². The highest BCUT2D eigenvalue weighted by Gasteiger charge is 2.18. The molecule has 1 amide bonds. The van der Waals surface area contributed by atoms with E-state index in [1.54, 1.807) is 0 Å². The molecule has 2 atom stereocenters. The average Bonchev–Trinajstić information content (AvgIpc) is 2.29. The average molecular weight is 213 g/mol. The van der Waals surface area contributed by atoms with Crippen LogP contribution in [0.1, 0.15) is 45.4 Å². The third-order valence-corrected chi connectivity index (χ3v) is 2.93. The smallest absolute Gasteiger partial charge is 0.312 e. The summed E-state index contributed by atoms with van der Waals surface area (Å²) in [5.74, 6) is -0.692. The molecule has 2 unspecified atom stereocenters. The molecule has 15 heavy (non-hydrogen) atoms. The van der Waals surface area contributed by atoms with Crippen LogP contribution in [0.3, 0.4) is 0 Å². The van der Waals surface area contributed by atoms with Crippen molar-refractivity contribution in [3.8, 4) is 0 Å². The molecule has 0 spiro atoms. The number of rotatable bonds is 3. The number of carboxylic acid groups (broad SMARTS) is 1. The van der Waals surface area contributed by atoms with E-state index in [1.165, 1.54) is 6.42 Å². The van der Waals surface area contributed by atoms with Crippen LogP contribution in [-0.2, 0) is 9.59 Å². The Morgan fingerprint density at radius 1 is 1.27 bits per heavy atom. The monoisotopic (exact) mass is 213 g/mol. The minimum atomic E-state index is -1.06. The number of carbonyl (C=O) groups excluding carboxylic acids is 1. The van der Waals surface area contributed by atoms with E-state index in [0.717, 1.165) is 31.6 Å². The van der Waals surface area contributed by atoms with Gasteiger partial charge in [-0.1, -0.05) is 19.8 Å². The Labute approximate surface area is 90.0 Å². The molecule has 1 aliphatic rings. The Morgan fingerprint density at radius 3 is 2.67 bits per heavy atom. The van der Waals surface area contributed by atoms with E-state index >= 15 is 0 Å². The summed E-state index contributed by atoms with van der Waals surface area (Å²) in [6.45, 7) is 2.22. The Morgan fingerprint density at radius 2 is 2.00 bits per heavy atom. The Balaban J connectivity index is 2.31. The van der Waals surface area contributed by atoms with Gasteiger partial charge in [0.15, 0.2) is 0 Å². The molecule has 1 aliphatic carbocycles. The van der Waals surface area contributed by atoms with Crippen LogP contribution in [0.15, 0.2) is 0 Å². The summed E-state index contributed by atoms with van der Waals surface area (Å²) in [4.78, 5) is 21.5. The number of hydrogen-bond donors (Lipinski definition) is 2. The molecule has 2 N–H and O–H groups in total. The first-order valence-electron chi connectivity index (χ1n) is 5.59. The van der Waals surface area contributed by atoms with Gasteiger partial charge in [0.05, 0.1) is 0 Å². The summed E-state index contributed by atoms with van der Waals surface area (Å²) in [7, 11) is 0. The number of nitrogens with one attached hydrogen (secondary N) is 1. The summed E-state index contributed by atoms with van der Waals surface area (Å²) < 4.78 is 0. The predicted molar refractivity (Wildman–Crippen MR) is 56.4 cm³/mol. The lowest BCUT2D eigenvalue weighted by Gasteiger charge is -2.15. The fourth-order valence-electron chi connectivity index (χ4n) is 2.05. The van der Waals surface area contributed by atoms with Crippen molar-refractivity contribution in [1.29, 1.82) is 0 Å². The van der Waals surface area contributed by atoms with E-state index in [4.69, 9.17) is 5.11 Å². The van der Waals surface area contributed by atoms with Crippen molar-refractivity contribution < 1.29 is 14.7 Å². The van der Waals surface area contributed by atoms with Crippen molar-refractivity contribution in [3.63, 3.8) is 0 Å². The quantitative estimate of drug-likeness (QED) is 0.552. The first-order valence-corrected chi connectivity index (χ1v) is 5.59. The highest BCUT2D eigenvalue weighted by atomic mass is 16.4. The zero-order valence-electron chi connectivity index (χ0n) is 9.16. The zero-order valence-corrected chi connectivity index (χ0v) is 9.16. The summed E-state index contributed by atoms with van der Waals surface area (Å²) in [6, 6.07) is 0.182. The second-order valence-electron chi connectivity index (χ2n) is 4.45. The third kappa shape index (κ3) is 4.81. The van der Waals surface area contributed by atoms with Crippen molar-refractivity contribution in [1.82, 2.24) is 5.32 Å². The molecule has 1 fully saturated rings. The molecule has 0 aromatic heterocycles. The Kier molecular flexibility index (Phi) is 4.59. The van der Waals surface area contributed by atoms with Crippen LogP contribution in [-0.4, -0.2) is 23.0 Å². The van der Waals surface area contributed by atoms with Crippen molar-refractivity contribution >= 4 is 11.9 Å². The normalized spacial score (nSPS) is 26.7. The third-order valence-electron chi connectivity index (χ3n) is 2.93. The lowest BCUT2D eigenvalue weighted by atomic mass is 10.0. The second-order valence-corrected chi connectivity index (χ2v) is 4.45. The van der Waals surface area contributed by atoms with Gasteiger partial charge in [0.2, 0.25) is 5.91 Å². The van der Waals surface area contributed by atoms with Crippen LogP contribution < -0.4 is 5.32 Å². The van der Waals surface area contributed by atoms with E-state index in [9.17, 15) is 9.59 Å². The molecule has 1 rings (SSSR count). The van der Waals surface area contributed by atoms with Crippen LogP contribution in [0.2, 0.25) is 0 Å². The molecule has 1 saturated carbocycles. The summed E-state index contributed by atoms with van der Waals surface area (Å²) >= 11 is 0.